The van der Waals surface area contributed by atoms with E-state index in [1.165, 1.54) is 6.26 Å². The lowest BCUT2D eigenvalue weighted by molar-refractivity contribution is 0.0558. The predicted molar refractivity (Wildman–Crippen MR) is 102 cm³/mol. The maximum absolute atomic E-state index is 13.6. The summed E-state index contributed by atoms with van der Waals surface area (Å²) in [4.78, 5) is 13.6. The number of methoxy groups -OCH3 is 2. The van der Waals surface area contributed by atoms with E-state index in [0.717, 1.165) is 16.7 Å². The van der Waals surface area contributed by atoms with E-state index < -0.39 is 12.0 Å². The average Bonchev–Trinajstić information content (AvgIpc) is 2.72. The number of carbonyl (C=O) groups excluding carboxylic acids is 1. The first kappa shape index (κ1) is 16.7. The molecule has 0 N–H and O–H groups in total. The molecule has 2 aromatic rings. The molecule has 0 aliphatic carbocycles. The van der Waals surface area contributed by atoms with Crippen molar-refractivity contribution < 1.29 is 28.5 Å². The number of rotatable bonds is 2. The van der Waals surface area contributed by atoms with Gasteiger partial charge in [0.25, 0.3) is 0 Å². The lowest BCUT2D eigenvalue weighted by Crippen LogP contribution is -2.43. The number of ether oxygens (including phenoxy) is 5. The highest BCUT2D eigenvalue weighted by molar-refractivity contribution is 6.09. The number of Topliss-reactive ketones (excluding diaryl/α,β-unsaturated/α-hetero) is 1. The van der Waals surface area contributed by atoms with Gasteiger partial charge in [0.05, 0.1) is 32.0 Å². The Bertz CT molecular complexity index is 1050. The van der Waals surface area contributed by atoms with Crippen molar-refractivity contribution in [3.63, 3.8) is 0 Å². The lowest BCUT2D eigenvalue weighted by Gasteiger charge is -2.38. The van der Waals surface area contributed by atoms with Gasteiger partial charge in [0.1, 0.15) is 30.0 Å². The van der Waals surface area contributed by atoms with E-state index in [4.69, 9.17) is 23.7 Å². The van der Waals surface area contributed by atoms with Crippen LogP contribution in [0.15, 0.2) is 37.1 Å². The van der Waals surface area contributed by atoms with Crippen LogP contribution in [0.3, 0.4) is 0 Å². The van der Waals surface area contributed by atoms with Crippen LogP contribution in [0.2, 0.25) is 0 Å². The van der Waals surface area contributed by atoms with Crippen molar-refractivity contribution in [3.05, 3.63) is 59.4 Å². The molecule has 0 aromatic heterocycles. The smallest absolute Gasteiger partial charge is 0.178 e. The molecule has 0 radical (unpaired) electrons. The first-order valence-corrected chi connectivity index (χ1v) is 8.91. The third kappa shape index (κ3) is 2.24. The van der Waals surface area contributed by atoms with Gasteiger partial charge in [-0.2, -0.15) is 0 Å². The van der Waals surface area contributed by atoms with Crippen LogP contribution < -0.4 is 18.9 Å². The van der Waals surface area contributed by atoms with E-state index in [9.17, 15) is 4.79 Å². The van der Waals surface area contributed by atoms with Crippen molar-refractivity contribution in [3.8, 4) is 23.0 Å². The van der Waals surface area contributed by atoms with Crippen LogP contribution in [-0.4, -0.2) is 32.7 Å². The number of fused-ring (bicyclic) bond motifs is 6. The number of ketones is 1. The van der Waals surface area contributed by atoms with Gasteiger partial charge in [0.2, 0.25) is 0 Å². The molecule has 0 bridgehead atoms. The van der Waals surface area contributed by atoms with Crippen molar-refractivity contribution in [2.75, 3.05) is 20.8 Å². The first-order valence-electron chi connectivity index (χ1n) is 8.91. The minimum Gasteiger partial charge on any atom is -0.493 e. The van der Waals surface area contributed by atoms with Gasteiger partial charge in [0.15, 0.2) is 17.3 Å². The topological polar surface area (TPSA) is 63.2 Å². The van der Waals surface area contributed by atoms with Crippen molar-refractivity contribution in [2.45, 2.75) is 12.0 Å². The molecular weight excluding hydrogens is 360 g/mol. The Labute approximate surface area is 161 Å². The number of carbonyl (C=O) groups is 1. The Morgan fingerprint density at radius 1 is 1.11 bits per heavy atom. The molecule has 3 aliphatic heterocycles. The molecule has 0 unspecified atom stereocenters. The van der Waals surface area contributed by atoms with E-state index in [1.54, 1.807) is 38.5 Å². The second-order valence-electron chi connectivity index (χ2n) is 6.80. The normalized spacial score (nSPS) is 21.2. The minimum atomic E-state index is -0.493. The molecule has 0 spiro atoms. The lowest BCUT2D eigenvalue weighted by atomic mass is 9.79. The molecule has 0 fully saturated rings. The molecule has 6 heteroatoms. The molecule has 2 aromatic carbocycles. The molecular formula is C22H18O6. The molecule has 0 saturated heterocycles. The predicted octanol–water partition coefficient (Wildman–Crippen LogP) is 3.80. The van der Waals surface area contributed by atoms with Gasteiger partial charge in [-0.1, -0.05) is 6.58 Å². The van der Waals surface area contributed by atoms with Crippen LogP contribution in [0.4, 0.5) is 0 Å². The van der Waals surface area contributed by atoms with E-state index in [2.05, 4.69) is 6.58 Å². The Hall–Kier alpha value is -3.41. The molecule has 3 heterocycles. The van der Waals surface area contributed by atoms with Crippen molar-refractivity contribution in [1.82, 2.24) is 0 Å². The SMILES string of the molecule is C=C1OC=Cc2c1ccc1c2C(=O)[C@H]2c3cc(OC)c(OC)cc3OC[C@H]2O1. The largest absolute Gasteiger partial charge is 0.493 e. The van der Waals surface area contributed by atoms with Gasteiger partial charge < -0.3 is 23.7 Å². The maximum atomic E-state index is 13.6. The van der Waals surface area contributed by atoms with E-state index in [0.29, 0.717) is 34.3 Å². The second kappa shape index (κ2) is 6.05. The minimum absolute atomic E-state index is 0.0146. The molecule has 5 rings (SSSR count). The van der Waals surface area contributed by atoms with Crippen LogP contribution in [0, 0.1) is 0 Å². The van der Waals surface area contributed by atoms with E-state index in [1.807, 2.05) is 6.07 Å². The monoisotopic (exact) mass is 378 g/mol. The van der Waals surface area contributed by atoms with Crippen LogP contribution in [0.25, 0.3) is 11.8 Å². The zero-order chi connectivity index (χ0) is 19.4. The third-order valence-corrected chi connectivity index (χ3v) is 5.39. The van der Waals surface area contributed by atoms with Crippen LogP contribution in [0.1, 0.15) is 33.0 Å². The van der Waals surface area contributed by atoms with Gasteiger partial charge in [-0.3, -0.25) is 4.79 Å². The fourth-order valence-electron chi connectivity index (χ4n) is 4.06. The quantitative estimate of drug-likeness (QED) is 0.792. The molecule has 0 saturated carbocycles. The summed E-state index contributed by atoms with van der Waals surface area (Å²) in [6.07, 6.45) is 2.91. The Kier molecular flexibility index (Phi) is 3.62. The van der Waals surface area contributed by atoms with Crippen molar-refractivity contribution >= 4 is 17.6 Å². The Morgan fingerprint density at radius 3 is 2.68 bits per heavy atom. The maximum Gasteiger partial charge on any atom is 0.178 e. The molecule has 0 amide bonds. The number of hydrogen-bond donors (Lipinski definition) is 0. The molecule has 6 nitrogen and oxygen atoms in total. The van der Waals surface area contributed by atoms with Crippen LogP contribution >= 0.6 is 0 Å². The summed E-state index contributed by atoms with van der Waals surface area (Å²) in [7, 11) is 3.13. The summed E-state index contributed by atoms with van der Waals surface area (Å²) in [5, 5.41) is 0. The highest BCUT2D eigenvalue weighted by Crippen LogP contribution is 2.48. The van der Waals surface area contributed by atoms with E-state index in [-0.39, 0.29) is 12.4 Å². The van der Waals surface area contributed by atoms with Gasteiger partial charge >= 0.3 is 0 Å². The Morgan fingerprint density at radius 2 is 1.89 bits per heavy atom. The Balaban J connectivity index is 1.68. The third-order valence-electron chi connectivity index (χ3n) is 5.39. The zero-order valence-electron chi connectivity index (χ0n) is 15.5. The highest BCUT2D eigenvalue weighted by Gasteiger charge is 2.45. The van der Waals surface area contributed by atoms with Gasteiger partial charge in [-0.15, -0.1) is 0 Å². The summed E-state index contributed by atoms with van der Waals surface area (Å²) in [6, 6.07) is 7.20. The van der Waals surface area contributed by atoms with Gasteiger partial charge in [0, 0.05) is 22.8 Å². The van der Waals surface area contributed by atoms with Crippen molar-refractivity contribution in [1.29, 1.82) is 0 Å². The van der Waals surface area contributed by atoms with Crippen LogP contribution in [-0.2, 0) is 4.74 Å². The van der Waals surface area contributed by atoms with Crippen molar-refractivity contribution in [2.24, 2.45) is 0 Å². The highest BCUT2D eigenvalue weighted by atomic mass is 16.5. The fourth-order valence-corrected chi connectivity index (χ4v) is 4.06. The standard InChI is InChI=1S/C22H18O6/c1-11-12-4-5-15-20(13(12)6-7-26-11)22(23)21-14-8-17(24-2)18(25-3)9-16(14)27-10-19(21)28-15/h4-9,19,21H,1,10H2,2-3H3/t19-,21+/m1/s1. The summed E-state index contributed by atoms with van der Waals surface area (Å²) in [5.41, 5.74) is 2.83. The zero-order valence-corrected chi connectivity index (χ0v) is 15.5. The van der Waals surface area contributed by atoms with Crippen LogP contribution in [0.5, 0.6) is 23.0 Å². The average molecular weight is 378 g/mol. The molecule has 142 valence electrons. The fraction of sp³-hybridized carbons (Fsp3) is 0.227. The van der Waals surface area contributed by atoms with E-state index >= 15 is 0 Å². The summed E-state index contributed by atoms with van der Waals surface area (Å²) in [5.74, 6) is 2.25. The first-order chi connectivity index (χ1) is 13.6. The summed E-state index contributed by atoms with van der Waals surface area (Å²) >= 11 is 0. The molecule has 3 aliphatic rings. The number of hydrogen-bond acceptors (Lipinski definition) is 6. The number of benzene rings is 2. The van der Waals surface area contributed by atoms with Gasteiger partial charge in [-0.25, -0.2) is 0 Å². The molecule has 2 atom stereocenters. The molecule has 28 heavy (non-hydrogen) atoms. The summed E-state index contributed by atoms with van der Waals surface area (Å²) in [6.45, 7) is 4.19. The second-order valence-corrected chi connectivity index (χ2v) is 6.80. The summed E-state index contributed by atoms with van der Waals surface area (Å²) < 4.78 is 28.2. The van der Waals surface area contributed by atoms with Gasteiger partial charge in [-0.05, 0) is 24.3 Å².